The second-order valence-corrected chi connectivity index (χ2v) is 6.45. The van der Waals surface area contributed by atoms with Gasteiger partial charge in [-0.15, -0.1) is 0 Å². The average Bonchev–Trinajstić information content (AvgIpc) is 2.44. The monoisotopic (exact) mass is 335 g/mol. The molecule has 1 rings (SSSR count). The van der Waals surface area contributed by atoms with Gasteiger partial charge in [0.25, 0.3) is 0 Å². The minimum atomic E-state index is -0.471. The van der Waals surface area contributed by atoms with Crippen LogP contribution in [0.2, 0.25) is 0 Å². The van der Waals surface area contributed by atoms with E-state index in [0.717, 1.165) is 16.9 Å². The summed E-state index contributed by atoms with van der Waals surface area (Å²) in [7, 11) is 1.83. The molecule has 0 aliphatic rings. The van der Waals surface area contributed by atoms with Crippen LogP contribution in [-0.2, 0) is 4.79 Å². The van der Waals surface area contributed by atoms with Crippen LogP contribution in [0.5, 0.6) is 5.75 Å². The summed E-state index contributed by atoms with van der Waals surface area (Å²) >= 11 is 0. The van der Waals surface area contributed by atoms with Crippen LogP contribution in [0, 0.1) is 13.8 Å². The Kier molecular flexibility index (Phi) is 7.71. The Morgan fingerprint density at radius 2 is 1.71 bits per heavy atom. The molecule has 6 nitrogen and oxygen atoms in total. The quantitative estimate of drug-likeness (QED) is 0.802. The molecule has 0 aliphatic carbocycles. The van der Waals surface area contributed by atoms with Gasteiger partial charge in [0, 0.05) is 12.6 Å². The molecule has 0 spiro atoms. The highest BCUT2D eigenvalue weighted by molar-refractivity contribution is 5.96. The fourth-order valence-corrected chi connectivity index (χ4v) is 2.23. The molecule has 134 valence electrons. The van der Waals surface area contributed by atoms with Crippen molar-refractivity contribution in [2.24, 2.45) is 0 Å². The molecule has 0 saturated carbocycles. The smallest absolute Gasteiger partial charge is 0.321 e. The fraction of sp³-hybridized carbons (Fsp3) is 0.556. The van der Waals surface area contributed by atoms with Crippen molar-refractivity contribution in [1.29, 1.82) is 0 Å². The Morgan fingerprint density at radius 1 is 1.12 bits per heavy atom. The number of ether oxygens (including phenoxy) is 1. The number of urea groups is 1. The number of imide groups is 1. The van der Waals surface area contributed by atoms with Crippen LogP contribution in [0.15, 0.2) is 18.2 Å². The predicted octanol–water partition coefficient (Wildman–Crippen LogP) is 2.24. The van der Waals surface area contributed by atoms with E-state index < -0.39 is 12.1 Å². The molecule has 0 fully saturated rings. The van der Waals surface area contributed by atoms with Gasteiger partial charge in [-0.2, -0.15) is 0 Å². The molecule has 0 radical (unpaired) electrons. The molecule has 0 unspecified atom stereocenters. The van der Waals surface area contributed by atoms with Crippen LogP contribution in [0.3, 0.4) is 0 Å². The molecule has 1 aromatic carbocycles. The average molecular weight is 335 g/mol. The van der Waals surface area contributed by atoms with E-state index in [1.807, 2.05) is 51.8 Å². The van der Waals surface area contributed by atoms with Gasteiger partial charge in [-0.3, -0.25) is 15.0 Å². The minimum absolute atomic E-state index is 0.0166. The minimum Gasteiger partial charge on any atom is -0.492 e. The Morgan fingerprint density at radius 3 is 2.25 bits per heavy atom. The van der Waals surface area contributed by atoms with Gasteiger partial charge in [-0.25, -0.2) is 4.79 Å². The third-order valence-electron chi connectivity index (χ3n) is 3.61. The van der Waals surface area contributed by atoms with Crippen molar-refractivity contribution in [3.63, 3.8) is 0 Å². The lowest BCUT2D eigenvalue weighted by Gasteiger charge is -2.23. The third kappa shape index (κ3) is 7.00. The van der Waals surface area contributed by atoms with Crippen LogP contribution in [0.25, 0.3) is 0 Å². The Hall–Kier alpha value is -2.08. The van der Waals surface area contributed by atoms with Crippen molar-refractivity contribution in [3.8, 4) is 5.75 Å². The van der Waals surface area contributed by atoms with E-state index in [9.17, 15) is 9.59 Å². The lowest BCUT2D eigenvalue weighted by molar-refractivity contribution is -0.124. The van der Waals surface area contributed by atoms with Crippen molar-refractivity contribution in [1.82, 2.24) is 15.5 Å². The zero-order chi connectivity index (χ0) is 18.3. The van der Waals surface area contributed by atoms with Gasteiger partial charge in [-0.1, -0.05) is 6.07 Å². The Labute approximate surface area is 144 Å². The predicted molar refractivity (Wildman–Crippen MR) is 95.3 cm³/mol. The van der Waals surface area contributed by atoms with Crippen LogP contribution in [-0.4, -0.2) is 49.1 Å². The van der Waals surface area contributed by atoms with Crippen LogP contribution in [0.1, 0.15) is 31.9 Å². The van der Waals surface area contributed by atoms with Crippen LogP contribution < -0.4 is 15.4 Å². The van der Waals surface area contributed by atoms with Gasteiger partial charge in [0.15, 0.2) is 0 Å². The SMILES string of the molecule is Cc1cc(C)cc(OCCN(C)[C@@H](C)C(=O)NC(=O)NC(C)C)c1. The molecule has 1 atom stereocenters. The van der Waals surface area contributed by atoms with Crippen molar-refractivity contribution in [2.45, 2.75) is 46.7 Å². The third-order valence-corrected chi connectivity index (χ3v) is 3.61. The van der Waals surface area contributed by atoms with Gasteiger partial charge in [-0.05, 0) is 64.9 Å². The molecule has 0 aliphatic heterocycles. The molecular weight excluding hydrogens is 306 g/mol. The first kappa shape index (κ1) is 20.0. The van der Waals surface area contributed by atoms with Crippen LogP contribution >= 0.6 is 0 Å². The molecule has 0 bridgehead atoms. The van der Waals surface area contributed by atoms with E-state index in [4.69, 9.17) is 4.74 Å². The lowest BCUT2D eigenvalue weighted by atomic mass is 10.1. The van der Waals surface area contributed by atoms with Gasteiger partial charge in [0.2, 0.25) is 5.91 Å². The number of aryl methyl sites for hydroxylation is 2. The number of likely N-dealkylation sites (N-methyl/N-ethyl adjacent to an activating group) is 1. The summed E-state index contributed by atoms with van der Waals surface area (Å²) in [4.78, 5) is 25.5. The van der Waals surface area contributed by atoms with E-state index in [1.165, 1.54) is 0 Å². The zero-order valence-electron chi connectivity index (χ0n) is 15.5. The van der Waals surface area contributed by atoms with Crippen molar-refractivity contribution >= 4 is 11.9 Å². The molecule has 3 amide bonds. The molecular formula is C18H29N3O3. The second kappa shape index (κ2) is 9.27. The summed E-state index contributed by atoms with van der Waals surface area (Å²) in [6.45, 7) is 10.5. The molecule has 6 heteroatoms. The van der Waals surface area contributed by atoms with E-state index in [1.54, 1.807) is 6.92 Å². The highest BCUT2D eigenvalue weighted by Crippen LogP contribution is 2.16. The largest absolute Gasteiger partial charge is 0.492 e. The molecule has 24 heavy (non-hydrogen) atoms. The number of carbonyl (C=O) groups excluding carboxylic acids is 2. The van der Waals surface area contributed by atoms with E-state index in [2.05, 4.69) is 16.7 Å². The lowest BCUT2D eigenvalue weighted by Crippen LogP contribution is -2.50. The topological polar surface area (TPSA) is 70.7 Å². The number of amides is 3. The summed E-state index contributed by atoms with van der Waals surface area (Å²) in [6, 6.07) is 5.15. The van der Waals surface area contributed by atoms with Crippen LogP contribution in [0.4, 0.5) is 4.79 Å². The second-order valence-electron chi connectivity index (χ2n) is 6.45. The first-order valence-corrected chi connectivity index (χ1v) is 8.21. The zero-order valence-corrected chi connectivity index (χ0v) is 15.5. The van der Waals surface area contributed by atoms with E-state index >= 15 is 0 Å². The number of rotatable bonds is 7. The van der Waals surface area contributed by atoms with Crippen molar-refractivity contribution in [3.05, 3.63) is 29.3 Å². The number of hydrogen-bond donors (Lipinski definition) is 2. The molecule has 0 heterocycles. The number of hydrogen-bond acceptors (Lipinski definition) is 4. The maximum atomic E-state index is 12.0. The van der Waals surface area contributed by atoms with Gasteiger partial charge in [0.1, 0.15) is 12.4 Å². The Bertz CT molecular complexity index is 552. The summed E-state index contributed by atoms with van der Waals surface area (Å²) in [5.41, 5.74) is 2.31. The summed E-state index contributed by atoms with van der Waals surface area (Å²) in [5.74, 6) is 0.497. The summed E-state index contributed by atoms with van der Waals surface area (Å²) in [6.07, 6.45) is 0. The first-order chi connectivity index (χ1) is 11.2. The maximum Gasteiger partial charge on any atom is 0.321 e. The van der Waals surface area contributed by atoms with E-state index in [-0.39, 0.29) is 11.9 Å². The maximum absolute atomic E-state index is 12.0. The molecule has 2 N–H and O–H groups in total. The summed E-state index contributed by atoms with van der Waals surface area (Å²) in [5, 5.41) is 4.97. The highest BCUT2D eigenvalue weighted by Gasteiger charge is 2.20. The van der Waals surface area contributed by atoms with E-state index in [0.29, 0.717) is 13.2 Å². The molecule has 0 aromatic heterocycles. The number of carbonyl (C=O) groups is 2. The first-order valence-electron chi connectivity index (χ1n) is 8.21. The van der Waals surface area contributed by atoms with Gasteiger partial charge < -0.3 is 10.1 Å². The molecule has 0 saturated heterocycles. The standard InChI is InChI=1S/C18H29N3O3/c1-12(2)19-18(23)20-17(22)15(5)21(6)7-8-24-16-10-13(3)9-14(4)11-16/h9-12,15H,7-8H2,1-6H3,(H2,19,20,22,23)/t15-/m0/s1. The number of nitrogens with one attached hydrogen (secondary N) is 2. The van der Waals surface area contributed by atoms with Gasteiger partial charge >= 0.3 is 6.03 Å². The normalized spacial score (nSPS) is 12.2. The molecule has 1 aromatic rings. The number of nitrogens with zero attached hydrogens (tertiary/aromatic N) is 1. The van der Waals surface area contributed by atoms with Crippen molar-refractivity contribution < 1.29 is 14.3 Å². The number of benzene rings is 1. The van der Waals surface area contributed by atoms with Crippen molar-refractivity contribution in [2.75, 3.05) is 20.2 Å². The Balaban J connectivity index is 2.41. The van der Waals surface area contributed by atoms with Gasteiger partial charge in [0.05, 0.1) is 6.04 Å². The fourth-order valence-electron chi connectivity index (χ4n) is 2.23. The highest BCUT2D eigenvalue weighted by atomic mass is 16.5. The summed E-state index contributed by atoms with van der Waals surface area (Å²) < 4.78 is 5.75.